The van der Waals surface area contributed by atoms with Crippen molar-refractivity contribution in [1.82, 2.24) is 40.4 Å². The van der Waals surface area contributed by atoms with E-state index < -0.39 is 24.3 Å². The molecule has 0 saturated carbocycles. The molecule has 0 radical (unpaired) electrons. The van der Waals surface area contributed by atoms with Crippen LogP contribution in [0, 0.1) is 5.92 Å². The van der Waals surface area contributed by atoms with Crippen LogP contribution in [-0.2, 0) is 19.1 Å². The normalized spacial score (nSPS) is 15.8. The van der Waals surface area contributed by atoms with Crippen molar-refractivity contribution in [2.75, 3.05) is 27.3 Å². The molecule has 0 unspecified atom stereocenters. The molecular formula is C41H48N8O6. The fourth-order valence-corrected chi connectivity index (χ4v) is 7.20. The number of carbonyl (C=O) groups excluding carboxylic acids is 4. The summed E-state index contributed by atoms with van der Waals surface area (Å²) in [7, 11) is 2.53. The quantitative estimate of drug-likeness (QED) is 0.103. The topological polar surface area (TPSA) is 175 Å². The summed E-state index contributed by atoms with van der Waals surface area (Å²) >= 11 is 0. The highest BCUT2D eigenvalue weighted by atomic mass is 16.5. The SMILES string of the molecule is C=C[C@H](NC(=O)OC)C(=O)N1CCC[C@H]1c1ncc(-c2ccc3cc(-c4ccc5nc([C@H](C)N(CC)C(=O)[C@@H](NC(=O)OC)C(C)C)[nH]c5c4)ccc3c2)[nH]1. The number of nitrogens with one attached hydrogen (secondary N) is 4. The summed E-state index contributed by atoms with van der Waals surface area (Å²) in [6.07, 6.45) is 3.41. The molecule has 1 aliphatic rings. The smallest absolute Gasteiger partial charge is 0.407 e. The van der Waals surface area contributed by atoms with Gasteiger partial charge in [-0.05, 0) is 78.8 Å². The number of imidazole rings is 2. The second-order valence-electron chi connectivity index (χ2n) is 14.0. The maximum atomic E-state index is 13.6. The van der Waals surface area contributed by atoms with Crippen molar-refractivity contribution in [1.29, 1.82) is 0 Å². The molecule has 0 spiro atoms. The Labute approximate surface area is 319 Å². The lowest BCUT2D eigenvalue weighted by atomic mass is 9.99. The number of hydrogen-bond acceptors (Lipinski definition) is 8. The first-order valence-corrected chi connectivity index (χ1v) is 18.5. The maximum absolute atomic E-state index is 13.6. The van der Waals surface area contributed by atoms with Crippen LogP contribution in [0.25, 0.3) is 44.2 Å². The van der Waals surface area contributed by atoms with Gasteiger partial charge in [-0.1, -0.05) is 50.3 Å². The molecule has 1 fully saturated rings. The standard InChI is InChI=1S/C41H48N8O6/c1-8-30(46-40(52)54-6)38(50)49-18-10-11-34(49)37-42-22-33(45-37)29-15-14-25-19-26(12-13-27(25)20-29)28-16-17-31-32(21-28)44-36(43-31)24(5)48(9-2)39(51)35(23(3)4)47-41(53)55-7/h8,12-17,19-24,30,34-35H,1,9-11,18H2,2-7H3,(H,42,45)(H,43,44)(H,46,52)(H,47,53)/t24-,30-,34-,35-/m0/s1. The number of aromatic amines is 2. The van der Waals surface area contributed by atoms with Crippen LogP contribution in [0.4, 0.5) is 9.59 Å². The van der Waals surface area contributed by atoms with E-state index in [-0.39, 0.29) is 29.8 Å². The second-order valence-corrected chi connectivity index (χ2v) is 14.0. The lowest BCUT2D eigenvalue weighted by Gasteiger charge is -2.32. The van der Waals surface area contributed by atoms with Crippen LogP contribution in [0.1, 0.15) is 64.3 Å². The van der Waals surface area contributed by atoms with Crippen LogP contribution in [-0.4, -0.2) is 93.1 Å². The number of nitrogens with zero attached hydrogens (tertiary/aromatic N) is 4. The molecule has 55 heavy (non-hydrogen) atoms. The van der Waals surface area contributed by atoms with Gasteiger partial charge in [0.1, 0.15) is 23.7 Å². The van der Waals surface area contributed by atoms with Gasteiger partial charge >= 0.3 is 12.2 Å². The van der Waals surface area contributed by atoms with Crippen LogP contribution >= 0.6 is 0 Å². The Hall–Kier alpha value is -6.18. The van der Waals surface area contributed by atoms with E-state index in [1.165, 1.54) is 20.3 Å². The van der Waals surface area contributed by atoms with Gasteiger partial charge in [-0.3, -0.25) is 9.59 Å². The fourth-order valence-electron chi connectivity index (χ4n) is 7.20. The van der Waals surface area contributed by atoms with Crippen LogP contribution in [0.15, 0.2) is 73.4 Å². The summed E-state index contributed by atoms with van der Waals surface area (Å²) in [6.45, 7) is 12.3. The molecule has 0 aliphatic carbocycles. The molecule has 2 aromatic heterocycles. The van der Waals surface area contributed by atoms with E-state index in [4.69, 9.17) is 9.72 Å². The number of likely N-dealkylation sites (tertiary alicyclic amines) is 1. The zero-order chi connectivity index (χ0) is 39.4. The zero-order valence-corrected chi connectivity index (χ0v) is 32.0. The van der Waals surface area contributed by atoms with E-state index in [1.807, 2.05) is 45.9 Å². The van der Waals surface area contributed by atoms with Crippen molar-refractivity contribution in [2.45, 2.75) is 64.7 Å². The first-order chi connectivity index (χ1) is 26.5. The van der Waals surface area contributed by atoms with Gasteiger partial charge in [-0.2, -0.15) is 0 Å². The third-order valence-corrected chi connectivity index (χ3v) is 10.3. The molecule has 0 bridgehead atoms. The molecule has 14 nitrogen and oxygen atoms in total. The van der Waals surface area contributed by atoms with Crippen molar-refractivity contribution < 1.29 is 28.7 Å². The number of aromatic nitrogens is 4. The summed E-state index contributed by atoms with van der Waals surface area (Å²) in [5, 5.41) is 7.33. The molecule has 4 atom stereocenters. The molecule has 3 heterocycles. The van der Waals surface area contributed by atoms with Crippen molar-refractivity contribution in [3.05, 3.63) is 85.1 Å². The third kappa shape index (κ3) is 8.03. The van der Waals surface area contributed by atoms with E-state index in [0.29, 0.717) is 24.7 Å². The van der Waals surface area contributed by atoms with Crippen molar-refractivity contribution in [3.8, 4) is 22.4 Å². The summed E-state index contributed by atoms with van der Waals surface area (Å²) in [4.78, 5) is 70.4. The highest BCUT2D eigenvalue weighted by Gasteiger charge is 2.36. The number of ether oxygens (including phenoxy) is 2. The number of carbonyl (C=O) groups is 4. The van der Waals surface area contributed by atoms with Gasteiger partial charge in [-0.25, -0.2) is 19.6 Å². The van der Waals surface area contributed by atoms with Gasteiger partial charge in [0.05, 0.1) is 49.2 Å². The van der Waals surface area contributed by atoms with Gasteiger partial charge in [0.15, 0.2) is 0 Å². The number of methoxy groups -OCH3 is 2. The van der Waals surface area contributed by atoms with E-state index in [1.54, 1.807) is 16.0 Å². The van der Waals surface area contributed by atoms with Crippen molar-refractivity contribution in [2.24, 2.45) is 5.92 Å². The molecule has 6 rings (SSSR count). The Morgan fingerprint density at radius 3 is 2.27 bits per heavy atom. The van der Waals surface area contributed by atoms with Crippen molar-refractivity contribution in [3.63, 3.8) is 0 Å². The number of benzene rings is 3. The van der Waals surface area contributed by atoms with E-state index in [0.717, 1.165) is 57.0 Å². The minimum atomic E-state index is -0.897. The first-order valence-electron chi connectivity index (χ1n) is 18.5. The van der Waals surface area contributed by atoms with Crippen molar-refractivity contribution >= 4 is 45.8 Å². The number of H-pyrrole nitrogens is 2. The molecular weight excluding hydrogens is 701 g/mol. The van der Waals surface area contributed by atoms with Crippen LogP contribution in [0.5, 0.6) is 0 Å². The van der Waals surface area contributed by atoms with Gasteiger partial charge < -0.3 is 39.9 Å². The third-order valence-electron chi connectivity index (χ3n) is 10.3. The highest BCUT2D eigenvalue weighted by Crippen LogP contribution is 2.34. The minimum absolute atomic E-state index is 0.138. The van der Waals surface area contributed by atoms with Gasteiger partial charge in [0.2, 0.25) is 11.8 Å². The molecule has 4 N–H and O–H groups in total. The van der Waals surface area contributed by atoms with Gasteiger partial charge in [0, 0.05) is 18.7 Å². The van der Waals surface area contributed by atoms with Gasteiger partial charge in [0.25, 0.3) is 0 Å². The molecule has 5 aromatic rings. The molecule has 14 heteroatoms. The fraction of sp³-hybridized carbons (Fsp3) is 0.366. The lowest BCUT2D eigenvalue weighted by Crippen LogP contribution is -2.51. The highest BCUT2D eigenvalue weighted by molar-refractivity contribution is 5.92. The average molecular weight is 749 g/mol. The summed E-state index contributed by atoms with van der Waals surface area (Å²) in [5.74, 6) is 0.739. The average Bonchev–Trinajstić information content (AvgIpc) is 3.98. The predicted molar refractivity (Wildman–Crippen MR) is 210 cm³/mol. The second kappa shape index (κ2) is 16.5. The lowest BCUT2D eigenvalue weighted by molar-refractivity contribution is -0.136. The Kier molecular flexibility index (Phi) is 11.5. The zero-order valence-electron chi connectivity index (χ0n) is 32.0. The van der Waals surface area contributed by atoms with Crippen LogP contribution < -0.4 is 10.6 Å². The Morgan fingerprint density at radius 1 is 0.945 bits per heavy atom. The number of alkyl carbamates (subject to hydrolysis) is 2. The number of hydrogen-bond donors (Lipinski definition) is 4. The van der Waals surface area contributed by atoms with E-state index in [2.05, 4.69) is 73.3 Å². The van der Waals surface area contributed by atoms with Gasteiger partial charge in [-0.15, -0.1) is 6.58 Å². The summed E-state index contributed by atoms with van der Waals surface area (Å²) in [5.41, 5.74) is 5.50. The molecule has 1 saturated heterocycles. The summed E-state index contributed by atoms with van der Waals surface area (Å²) < 4.78 is 9.42. The number of rotatable bonds is 12. The maximum Gasteiger partial charge on any atom is 0.407 e. The number of fused-ring (bicyclic) bond motifs is 2. The Balaban J connectivity index is 1.18. The minimum Gasteiger partial charge on any atom is -0.453 e. The molecule has 1 aliphatic heterocycles. The summed E-state index contributed by atoms with van der Waals surface area (Å²) in [6, 6.07) is 16.4. The molecule has 4 amide bonds. The largest absolute Gasteiger partial charge is 0.453 e. The van der Waals surface area contributed by atoms with E-state index >= 15 is 0 Å². The Bertz CT molecular complexity index is 2230. The number of likely N-dealkylation sites (N-methyl/N-ethyl adjacent to an activating group) is 1. The molecule has 288 valence electrons. The predicted octanol–water partition coefficient (Wildman–Crippen LogP) is 6.64. The van der Waals surface area contributed by atoms with Crippen LogP contribution in [0.2, 0.25) is 0 Å². The first kappa shape index (κ1) is 38.5. The molecule has 3 aromatic carbocycles. The monoisotopic (exact) mass is 748 g/mol. The van der Waals surface area contributed by atoms with E-state index in [9.17, 15) is 19.2 Å². The Morgan fingerprint density at radius 2 is 1.60 bits per heavy atom. The number of amides is 4. The van der Waals surface area contributed by atoms with Crippen LogP contribution in [0.3, 0.4) is 0 Å².